The number of ether oxygens (including phenoxy) is 4. The largest absolute Gasteiger partial charge is 0.472 e. The van der Waals surface area contributed by atoms with E-state index in [2.05, 4.69) is 34.6 Å². The van der Waals surface area contributed by atoms with Crippen LogP contribution in [0.3, 0.4) is 0 Å². The number of phosphoric ester groups is 2. The second kappa shape index (κ2) is 63.5. The Morgan fingerprint density at radius 1 is 0.315 bits per heavy atom. The fraction of sp³-hybridized carbons (Fsp3) is 0.943. The molecule has 0 aliphatic rings. The van der Waals surface area contributed by atoms with Crippen LogP contribution in [0.15, 0.2) is 0 Å². The maximum absolute atomic E-state index is 13.0. The van der Waals surface area contributed by atoms with Crippen LogP contribution >= 0.6 is 15.6 Å². The molecule has 0 saturated carbocycles. The van der Waals surface area contributed by atoms with Crippen molar-refractivity contribution in [3.8, 4) is 0 Å². The van der Waals surface area contributed by atoms with Gasteiger partial charge in [0.2, 0.25) is 0 Å². The van der Waals surface area contributed by atoms with Gasteiger partial charge in [-0.15, -0.1) is 0 Å². The zero-order chi connectivity index (χ0) is 65.6. The molecule has 0 radical (unpaired) electrons. The number of hydrogen-bond donors (Lipinski definition) is 3. The standard InChI is InChI=1S/C70H136O17P2/c1-6-10-13-16-19-22-23-24-25-26-27-28-29-30-31-32-33-34-36-39-46-51-56-70(75)87-66(60-81-68(73)54-49-44-41-40-42-47-52-63(5)9-4)62-85-89(78,79)83-58-64(71)57-82-88(76,77)84-61-65(59-80-67(72)53-48-43-37-21-18-15-12-8-3)86-69(74)55-50-45-38-35-20-17-14-11-7-2/h63-66,71H,6-62H2,1-5H3,(H,76,77)(H,78,79)/t63?,64-,65+,66+/m0/s1. The lowest BCUT2D eigenvalue weighted by Crippen LogP contribution is -2.30. The maximum atomic E-state index is 13.0. The van der Waals surface area contributed by atoms with Crippen LogP contribution in [-0.4, -0.2) is 96.7 Å². The van der Waals surface area contributed by atoms with Crippen LogP contribution in [0.2, 0.25) is 0 Å². The molecule has 0 bridgehead atoms. The fourth-order valence-electron chi connectivity index (χ4n) is 10.6. The lowest BCUT2D eigenvalue weighted by Gasteiger charge is -2.21. The van der Waals surface area contributed by atoms with E-state index in [9.17, 15) is 43.2 Å². The SMILES string of the molecule is CCCCCCCCCCCCCCCCCCCCCCCCC(=O)O[C@H](COC(=O)CCCCCCCCC(C)CC)COP(=O)(O)OC[C@@H](O)COP(=O)(O)OC[C@@H](COC(=O)CCCCCCCCCC)OC(=O)CCCCCCCCCCC. The average Bonchev–Trinajstić information content (AvgIpc) is 3.70. The second-order valence-corrected chi connectivity index (χ2v) is 28.4. The van der Waals surface area contributed by atoms with Gasteiger partial charge < -0.3 is 33.8 Å². The smallest absolute Gasteiger partial charge is 0.462 e. The summed E-state index contributed by atoms with van der Waals surface area (Å²) in [5, 5.41) is 10.6. The van der Waals surface area contributed by atoms with E-state index in [4.69, 9.17) is 37.0 Å². The Morgan fingerprint density at radius 3 is 0.798 bits per heavy atom. The van der Waals surface area contributed by atoms with Gasteiger partial charge in [-0.3, -0.25) is 37.3 Å². The molecule has 0 saturated heterocycles. The Bertz CT molecular complexity index is 1720. The molecule has 0 rings (SSSR count). The van der Waals surface area contributed by atoms with Crippen LogP contribution in [-0.2, 0) is 65.4 Å². The van der Waals surface area contributed by atoms with Crippen molar-refractivity contribution in [2.45, 2.75) is 380 Å². The van der Waals surface area contributed by atoms with Gasteiger partial charge in [0, 0.05) is 25.7 Å². The van der Waals surface area contributed by atoms with Crippen LogP contribution < -0.4 is 0 Å². The molecule has 3 unspecified atom stereocenters. The van der Waals surface area contributed by atoms with Crippen molar-refractivity contribution in [3.63, 3.8) is 0 Å². The molecule has 528 valence electrons. The van der Waals surface area contributed by atoms with Crippen molar-refractivity contribution in [1.82, 2.24) is 0 Å². The molecule has 19 heteroatoms. The van der Waals surface area contributed by atoms with Crippen LogP contribution in [0.25, 0.3) is 0 Å². The topological polar surface area (TPSA) is 237 Å². The maximum Gasteiger partial charge on any atom is 0.472 e. The molecule has 0 aromatic rings. The molecule has 3 N–H and O–H groups in total. The van der Waals surface area contributed by atoms with Crippen LogP contribution in [0.5, 0.6) is 0 Å². The Morgan fingerprint density at radius 2 is 0.539 bits per heavy atom. The highest BCUT2D eigenvalue weighted by atomic mass is 31.2. The third-order valence-electron chi connectivity index (χ3n) is 16.6. The number of aliphatic hydroxyl groups is 1. The highest BCUT2D eigenvalue weighted by Gasteiger charge is 2.30. The summed E-state index contributed by atoms with van der Waals surface area (Å²) in [4.78, 5) is 72.3. The molecular weight excluding hydrogens is 1170 g/mol. The number of esters is 4. The number of hydrogen-bond acceptors (Lipinski definition) is 15. The number of carbonyl (C=O) groups excluding carboxylic acids is 4. The summed E-state index contributed by atoms with van der Waals surface area (Å²) in [6.45, 7) is 7.15. The fourth-order valence-corrected chi connectivity index (χ4v) is 12.2. The molecule has 0 fully saturated rings. The highest BCUT2D eigenvalue weighted by molar-refractivity contribution is 7.47. The molecule has 0 aromatic heterocycles. The second-order valence-electron chi connectivity index (χ2n) is 25.5. The molecule has 0 amide bonds. The van der Waals surface area contributed by atoms with Gasteiger partial charge in [-0.2, -0.15) is 0 Å². The highest BCUT2D eigenvalue weighted by Crippen LogP contribution is 2.45. The molecule has 0 aromatic carbocycles. The van der Waals surface area contributed by atoms with Crippen LogP contribution in [0.4, 0.5) is 0 Å². The van der Waals surface area contributed by atoms with E-state index in [1.54, 1.807) is 0 Å². The van der Waals surface area contributed by atoms with E-state index in [0.717, 1.165) is 109 Å². The van der Waals surface area contributed by atoms with Crippen molar-refractivity contribution in [3.05, 3.63) is 0 Å². The molecule has 0 aliphatic heterocycles. The van der Waals surface area contributed by atoms with E-state index >= 15 is 0 Å². The predicted molar refractivity (Wildman–Crippen MR) is 358 cm³/mol. The van der Waals surface area contributed by atoms with Gasteiger partial charge in [0.15, 0.2) is 12.2 Å². The number of carbonyl (C=O) groups is 4. The molecule has 17 nitrogen and oxygen atoms in total. The summed E-state index contributed by atoms with van der Waals surface area (Å²) < 4.78 is 68.1. The Balaban J connectivity index is 5.10. The van der Waals surface area contributed by atoms with Gasteiger partial charge in [0.1, 0.15) is 19.3 Å². The zero-order valence-electron chi connectivity index (χ0n) is 57.6. The molecule has 6 atom stereocenters. The van der Waals surface area contributed by atoms with E-state index in [1.165, 1.54) is 173 Å². The van der Waals surface area contributed by atoms with Crippen molar-refractivity contribution in [2.24, 2.45) is 5.92 Å². The average molecular weight is 1310 g/mol. The summed E-state index contributed by atoms with van der Waals surface area (Å²) >= 11 is 0. The Kier molecular flexibility index (Phi) is 62.1. The minimum atomic E-state index is -4.95. The van der Waals surface area contributed by atoms with E-state index < -0.39 is 97.5 Å². The van der Waals surface area contributed by atoms with Crippen molar-refractivity contribution >= 4 is 39.5 Å². The molecule has 0 spiro atoms. The van der Waals surface area contributed by atoms with Crippen molar-refractivity contribution in [1.29, 1.82) is 0 Å². The summed E-state index contributed by atoms with van der Waals surface area (Å²) in [6, 6.07) is 0. The normalized spacial score (nSPS) is 14.4. The van der Waals surface area contributed by atoms with Crippen molar-refractivity contribution < 1.29 is 80.2 Å². The summed E-state index contributed by atoms with van der Waals surface area (Å²) in [5.74, 6) is -1.40. The predicted octanol–water partition coefficient (Wildman–Crippen LogP) is 20.1. The summed E-state index contributed by atoms with van der Waals surface area (Å²) in [7, 11) is -9.89. The quantitative estimate of drug-likeness (QED) is 0.0222. The first-order chi connectivity index (χ1) is 43.1. The summed E-state index contributed by atoms with van der Waals surface area (Å²) in [6.07, 6.45) is 50.3. The van der Waals surface area contributed by atoms with Gasteiger partial charge in [0.25, 0.3) is 0 Å². The minimum absolute atomic E-state index is 0.106. The van der Waals surface area contributed by atoms with Gasteiger partial charge in [-0.05, 0) is 31.6 Å². The first-order valence-corrected chi connectivity index (χ1v) is 39.7. The number of phosphoric acid groups is 2. The van der Waals surface area contributed by atoms with E-state index in [0.29, 0.717) is 25.7 Å². The zero-order valence-corrected chi connectivity index (χ0v) is 59.4. The Labute approximate surface area is 543 Å². The molecule has 89 heavy (non-hydrogen) atoms. The van der Waals surface area contributed by atoms with Gasteiger partial charge in [-0.25, -0.2) is 9.13 Å². The monoisotopic (exact) mass is 1310 g/mol. The minimum Gasteiger partial charge on any atom is -0.462 e. The van der Waals surface area contributed by atoms with E-state index in [1.807, 2.05) is 0 Å². The van der Waals surface area contributed by atoms with Gasteiger partial charge in [0.05, 0.1) is 26.4 Å². The number of rotatable bonds is 70. The Hall–Kier alpha value is -1.94. The lowest BCUT2D eigenvalue weighted by atomic mass is 10.00. The summed E-state index contributed by atoms with van der Waals surface area (Å²) in [5.41, 5.74) is 0. The first-order valence-electron chi connectivity index (χ1n) is 36.7. The lowest BCUT2D eigenvalue weighted by molar-refractivity contribution is -0.161. The molecular formula is C70H136O17P2. The first kappa shape index (κ1) is 87.1. The van der Waals surface area contributed by atoms with Crippen molar-refractivity contribution in [2.75, 3.05) is 39.6 Å². The van der Waals surface area contributed by atoms with Crippen LogP contribution in [0, 0.1) is 5.92 Å². The van der Waals surface area contributed by atoms with E-state index in [-0.39, 0.29) is 25.7 Å². The number of aliphatic hydroxyl groups excluding tert-OH is 1. The molecule has 0 aliphatic carbocycles. The van der Waals surface area contributed by atoms with Crippen LogP contribution in [0.1, 0.15) is 362 Å². The third-order valence-corrected chi connectivity index (χ3v) is 18.5. The molecule has 0 heterocycles. The van der Waals surface area contributed by atoms with Gasteiger partial charge in [-0.1, -0.05) is 311 Å². The van der Waals surface area contributed by atoms with Gasteiger partial charge >= 0.3 is 39.5 Å². The third kappa shape index (κ3) is 63.2. The number of unbranched alkanes of at least 4 members (excludes halogenated alkanes) is 41.